The van der Waals surface area contributed by atoms with Crippen LogP contribution < -0.4 is 11.1 Å². The molecule has 0 aliphatic heterocycles. The lowest BCUT2D eigenvalue weighted by Gasteiger charge is -2.07. The van der Waals surface area contributed by atoms with E-state index in [-0.39, 0.29) is 23.6 Å². The molecule has 0 atom stereocenters. The molecule has 6 nitrogen and oxygen atoms in total. The highest BCUT2D eigenvalue weighted by Crippen LogP contribution is 2.21. The van der Waals surface area contributed by atoms with Crippen molar-refractivity contribution >= 4 is 46.9 Å². The number of halogens is 1. The largest absolute Gasteiger partial charge is 0.366 e. The number of carbonyl (C=O) groups excluding carboxylic acids is 1. The highest BCUT2D eigenvalue weighted by atomic mass is 35.5. The van der Waals surface area contributed by atoms with Gasteiger partial charge in [-0.3, -0.25) is 4.79 Å². The van der Waals surface area contributed by atoms with Gasteiger partial charge >= 0.3 is 0 Å². The summed E-state index contributed by atoms with van der Waals surface area (Å²) in [5.74, 6) is 0.278. The summed E-state index contributed by atoms with van der Waals surface area (Å²) >= 11 is 7.38. The van der Waals surface area contributed by atoms with E-state index < -0.39 is 0 Å². The summed E-state index contributed by atoms with van der Waals surface area (Å²) in [6.45, 7) is 0. The molecule has 2 aromatic carbocycles. The summed E-state index contributed by atoms with van der Waals surface area (Å²) in [6.07, 6.45) is 0. The molecule has 122 valence electrons. The lowest BCUT2D eigenvalue weighted by molar-refractivity contribution is 0.0929. The molecule has 0 radical (unpaired) electrons. The Balaban J connectivity index is 1.74. The first-order valence-corrected chi connectivity index (χ1v) is 8.44. The van der Waals surface area contributed by atoms with Gasteiger partial charge in [0.15, 0.2) is 0 Å². The van der Waals surface area contributed by atoms with Crippen LogP contribution in [0.2, 0.25) is 5.02 Å². The standard InChI is InChI=1S/C16H14ClN5OS/c17-11-5-4-6-12(9-11)19-16-20-15(18)21-22(16)14(23)10-24-13-7-2-1-3-8-13/h1-9H,10H2,(H3,18,19,20,21). The maximum absolute atomic E-state index is 12.4. The third-order valence-corrected chi connectivity index (χ3v) is 4.28. The molecule has 3 rings (SSSR count). The summed E-state index contributed by atoms with van der Waals surface area (Å²) in [6, 6.07) is 16.7. The third kappa shape index (κ3) is 4.06. The van der Waals surface area contributed by atoms with Crippen molar-refractivity contribution < 1.29 is 4.79 Å². The zero-order valence-corrected chi connectivity index (χ0v) is 14.1. The van der Waals surface area contributed by atoms with Crippen LogP contribution in [0.4, 0.5) is 17.6 Å². The van der Waals surface area contributed by atoms with Gasteiger partial charge in [0.1, 0.15) is 0 Å². The van der Waals surface area contributed by atoms with Crippen molar-refractivity contribution in [3.8, 4) is 0 Å². The van der Waals surface area contributed by atoms with Crippen molar-refractivity contribution in [3.63, 3.8) is 0 Å². The number of nitrogens with one attached hydrogen (secondary N) is 1. The molecule has 3 N–H and O–H groups in total. The summed E-state index contributed by atoms with van der Waals surface area (Å²) in [7, 11) is 0. The minimum Gasteiger partial charge on any atom is -0.366 e. The van der Waals surface area contributed by atoms with Crippen molar-refractivity contribution in [1.82, 2.24) is 14.8 Å². The molecule has 0 fully saturated rings. The fourth-order valence-electron chi connectivity index (χ4n) is 2.00. The molecule has 0 saturated carbocycles. The molecule has 0 unspecified atom stereocenters. The molecule has 0 aliphatic rings. The van der Waals surface area contributed by atoms with E-state index in [2.05, 4.69) is 15.4 Å². The van der Waals surface area contributed by atoms with E-state index in [4.69, 9.17) is 17.3 Å². The molecule has 0 amide bonds. The normalized spacial score (nSPS) is 10.5. The van der Waals surface area contributed by atoms with Gasteiger partial charge in [-0.25, -0.2) is 0 Å². The SMILES string of the molecule is Nc1nc(Nc2cccc(Cl)c2)n(C(=O)CSc2ccccc2)n1. The number of anilines is 3. The van der Waals surface area contributed by atoms with Crippen LogP contribution in [0, 0.1) is 0 Å². The first-order chi connectivity index (χ1) is 11.6. The highest BCUT2D eigenvalue weighted by Gasteiger charge is 2.15. The first-order valence-electron chi connectivity index (χ1n) is 7.08. The minimum atomic E-state index is -0.224. The van der Waals surface area contributed by atoms with Crippen molar-refractivity contribution in [1.29, 1.82) is 0 Å². The van der Waals surface area contributed by atoms with Crippen molar-refractivity contribution in [2.75, 3.05) is 16.8 Å². The van der Waals surface area contributed by atoms with Gasteiger partial charge in [-0.2, -0.15) is 9.67 Å². The quantitative estimate of drug-likeness (QED) is 0.676. The Morgan fingerprint density at radius 2 is 2.00 bits per heavy atom. The van der Waals surface area contributed by atoms with E-state index in [1.54, 1.807) is 18.2 Å². The molecular formula is C16H14ClN5OS. The number of benzene rings is 2. The summed E-state index contributed by atoms with van der Waals surface area (Å²) in [5, 5.41) is 7.55. The van der Waals surface area contributed by atoms with Crippen LogP contribution in [0.5, 0.6) is 0 Å². The summed E-state index contributed by atoms with van der Waals surface area (Å²) in [4.78, 5) is 17.5. The monoisotopic (exact) mass is 359 g/mol. The molecule has 3 aromatic rings. The Morgan fingerprint density at radius 1 is 1.21 bits per heavy atom. The molecule has 0 bridgehead atoms. The van der Waals surface area contributed by atoms with Crippen LogP contribution in [-0.4, -0.2) is 26.4 Å². The fourth-order valence-corrected chi connectivity index (χ4v) is 2.95. The van der Waals surface area contributed by atoms with Crippen LogP contribution in [0.25, 0.3) is 0 Å². The van der Waals surface area contributed by atoms with Gasteiger partial charge in [0.2, 0.25) is 11.9 Å². The number of nitrogens with two attached hydrogens (primary N) is 1. The number of aromatic nitrogens is 3. The van der Waals surface area contributed by atoms with E-state index in [0.29, 0.717) is 10.7 Å². The second kappa shape index (κ2) is 7.37. The number of rotatable bonds is 5. The maximum atomic E-state index is 12.4. The number of hydrogen-bond donors (Lipinski definition) is 2. The van der Waals surface area contributed by atoms with Crippen LogP contribution in [-0.2, 0) is 0 Å². The molecule has 0 saturated heterocycles. The van der Waals surface area contributed by atoms with Crippen molar-refractivity contribution in [3.05, 3.63) is 59.6 Å². The van der Waals surface area contributed by atoms with Gasteiger partial charge < -0.3 is 11.1 Å². The molecule has 1 heterocycles. The van der Waals surface area contributed by atoms with E-state index in [9.17, 15) is 4.79 Å². The van der Waals surface area contributed by atoms with E-state index >= 15 is 0 Å². The lowest BCUT2D eigenvalue weighted by Crippen LogP contribution is -2.17. The van der Waals surface area contributed by atoms with Crippen molar-refractivity contribution in [2.45, 2.75) is 4.90 Å². The molecule has 8 heteroatoms. The summed E-state index contributed by atoms with van der Waals surface area (Å²) < 4.78 is 1.17. The van der Waals surface area contributed by atoms with Crippen LogP contribution in [0.1, 0.15) is 4.79 Å². The minimum absolute atomic E-state index is 0.0255. The highest BCUT2D eigenvalue weighted by molar-refractivity contribution is 8.00. The predicted molar refractivity (Wildman–Crippen MR) is 97.0 cm³/mol. The maximum Gasteiger partial charge on any atom is 0.260 e. The van der Waals surface area contributed by atoms with E-state index in [1.807, 2.05) is 36.4 Å². The average Bonchev–Trinajstić information content (AvgIpc) is 2.94. The first kappa shape index (κ1) is 16.4. The van der Waals surface area contributed by atoms with Crippen LogP contribution >= 0.6 is 23.4 Å². The van der Waals surface area contributed by atoms with Crippen molar-refractivity contribution in [2.24, 2.45) is 0 Å². The second-order valence-electron chi connectivity index (χ2n) is 4.84. The fraction of sp³-hybridized carbons (Fsp3) is 0.0625. The van der Waals surface area contributed by atoms with Gasteiger partial charge in [0.25, 0.3) is 5.91 Å². The number of thioether (sulfide) groups is 1. The Hall–Kier alpha value is -2.51. The number of nitrogen functional groups attached to an aromatic ring is 1. The van der Waals surface area contributed by atoms with Gasteiger partial charge in [0.05, 0.1) is 5.75 Å². The average molecular weight is 360 g/mol. The Morgan fingerprint density at radius 3 is 2.75 bits per heavy atom. The Kier molecular flexibility index (Phi) is 5.02. The second-order valence-corrected chi connectivity index (χ2v) is 6.32. The zero-order chi connectivity index (χ0) is 16.9. The van der Waals surface area contributed by atoms with E-state index in [1.165, 1.54) is 16.4 Å². The number of nitrogens with zero attached hydrogens (tertiary/aromatic N) is 3. The van der Waals surface area contributed by atoms with Gasteiger partial charge in [-0.15, -0.1) is 16.9 Å². The topological polar surface area (TPSA) is 85.8 Å². The smallest absolute Gasteiger partial charge is 0.260 e. The molecule has 24 heavy (non-hydrogen) atoms. The van der Waals surface area contributed by atoms with Crippen LogP contribution in [0.3, 0.4) is 0 Å². The van der Waals surface area contributed by atoms with Gasteiger partial charge in [-0.1, -0.05) is 35.9 Å². The van der Waals surface area contributed by atoms with Gasteiger partial charge in [-0.05, 0) is 30.3 Å². The molecule has 0 aliphatic carbocycles. The molecular weight excluding hydrogens is 346 g/mol. The third-order valence-electron chi connectivity index (χ3n) is 3.05. The van der Waals surface area contributed by atoms with Crippen LogP contribution in [0.15, 0.2) is 59.5 Å². The van der Waals surface area contributed by atoms with E-state index in [0.717, 1.165) is 4.90 Å². The lowest BCUT2D eigenvalue weighted by atomic mass is 10.3. The van der Waals surface area contributed by atoms with Gasteiger partial charge in [0, 0.05) is 15.6 Å². The number of carbonyl (C=O) groups is 1. The Labute approximate surface area is 148 Å². The zero-order valence-electron chi connectivity index (χ0n) is 12.5. The molecule has 0 spiro atoms. The number of hydrogen-bond acceptors (Lipinski definition) is 6. The predicted octanol–water partition coefficient (Wildman–Crippen LogP) is 3.69. The summed E-state index contributed by atoms with van der Waals surface area (Å²) in [5.41, 5.74) is 6.33. The Bertz CT molecular complexity index is 853. The molecule has 1 aromatic heterocycles.